The number of carbonyl (C=O) groups is 2. The lowest BCUT2D eigenvalue weighted by Gasteiger charge is -2.40. The number of aliphatic carboxylic acids is 1. The monoisotopic (exact) mass is 268 g/mol. The fourth-order valence-electron chi connectivity index (χ4n) is 1.99. The zero-order valence-electron chi connectivity index (χ0n) is 9.88. The van der Waals surface area contributed by atoms with Gasteiger partial charge in [0, 0.05) is 13.1 Å². The Labute approximate surface area is 102 Å². The van der Waals surface area contributed by atoms with Crippen molar-refractivity contribution in [1.29, 1.82) is 0 Å². The second kappa shape index (κ2) is 5.13. The number of carboxylic acids is 1. The quantitative estimate of drug-likeness (QED) is 0.786. The molecule has 1 saturated heterocycles. The Kier molecular flexibility index (Phi) is 4.20. The van der Waals surface area contributed by atoms with Gasteiger partial charge in [0.1, 0.15) is 0 Å². The summed E-state index contributed by atoms with van der Waals surface area (Å²) in [4.78, 5) is 23.6. The highest BCUT2D eigenvalue weighted by Crippen LogP contribution is 2.27. The minimum atomic E-state index is -4.99. The minimum Gasteiger partial charge on any atom is -0.481 e. The molecule has 0 unspecified atom stereocenters. The van der Waals surface area contributed by atoms with E-state index in [-0.39, 0.29) is 12.8 Å². The molecule has 18 heavy (non-hydrogen) atoms. The average Bonchev–Trinajstić information content (AvgIpc) is 2.20. The van der Waals surface area contributed by atoms with E-state index in [9.17, 15) is 22.8 Å². The van der Waals surface area contributed by atoms with Crippen LogP contribution in [0.25, 0.3) is 0 Å². The van der Waals surface area contributed by atoms with Crippen molar-refractivity contribution in [2.75, 3.05) is 20.1 Å². The summed E-state index contributed by atoms with van der Waals surface area (Å²) in [6.07, 6.45) is -5.10. The standard InChI is InChI=1S/C10H15F3N2O3/c1-15-4-2-9(3-5-15,6-7(16)17)14-8(18)10(11,12)13/h2-6H2,1H3,(H,14,18)(H,16,17). The molecule has 0 atom stereocenters. The first kappa shape index (κ1) is 14.7. The van der Waals surface area contributed by atoms with E-state index in [2.05, 4.69) is 0 Å². The van der Waals surface area contributed by atoms with Gasteiger partial charge in [-0.2, -0.15) is 13.2 Å². The Balaban J connectivity index is 2.79. The van der Waals surface area contributed by atoms with Gasteiger partial charge in [-0.3, -0.25) is 9.59 Å². The molecule has 1 amide bonds. The Bertz CT molecular complexity index is 336. The van der Waals surface area contributed by atoms with Crippen LogP contribution in [0.1, 0.15) is 19.3 Å². The van der Waals surface area contributed by atoms with E-state index in [0.29, 0.717) is 13.1 Å². The third-order valence-corrected chi connectivity index (χ3v) is 3.07. The lowest BCUT2D eigenvalue weighted by atomic mass is 9.84. The van der Waals surface area contributed by atoms with Crippen molar-refractivity contribution in [2.45, 2.75) is 31.0 Å². The largest absolute Gasteiger partial charge is 0.481 e. The van der Waals surface area contributed by atoms with E-state index in [1.54, 1.807) is 7.05 Å². The van der Waals surface area contributed by atoms with Gasteiger partial charge in [-0.25, -0.2) is 0 Å². The molecule has 0 bridgehead atoms. The van der Waals surface area contributed by atoms with Crippen LogP contribution in [-0.2, 0) is 9.59 Å². The fourth-order valence-corrected chi connectivity index (χ4v) is 1.99. The number of rotatable bonds is 3. The molecule has 0 radical (unpaired) electrons. The molecule has 104 valence electrons. The normalized spacial score (nSPS) is 20.4. The molecule has 0 aromatic rings. The van der Waals surface area contributed by atoms with Crippen molar-refractivity contribution in [2.24, 2.45) is 0 Å². The van der Waals surface area contributed by atoms with Gasteiger partial charge in [0.25, 0.3) is 0 Å². The first-order chi connectivity index (χ1) is 8.15. The zero-order valence-corrected chi connectivity index (χ0v) is 9.88. The topological polar surface area (TPSA) is 69.6 Å². The second-order valence-corrected chi connectivity index (χ2v) is 4.61. The number of hydrogen-bond acceptors (Lipinski definition) is 3. The SMILES string of the molecule is CN1CCC(CC(=O)O)(NC(=O)C(F)(F)F)CC1. The molecule has 2 N–H and O–H groups in total. The van der Waals surface area contributed by atoms with Gasteiger partial charge in [-0.15, -0.1) is 0 Å². The van der Waals surface area contributed by atoms with Crippen molar-refractivity contribution < 1.29 is 27.9 Å². The molecular formula is C10H15F3N2O3. The Morgan fingerprint density at radius 1 is 1.33 bits per heavy atom. The van der Waals surface area contributed by atoms with Crippen LogP contribution in [0.3, 0.4) is 0 Å². The first-order valence-corrected chi connectivity index (χ1v) is 5.44. The highest BCUT2D eigenvalue weighted by molar-refractivity contribution is 5.83. The highest BCUT2D eigenvalue weighted by Gasteiger charge is 2.45. The van der Waals surface area contributed by atoms with Crippen molar-refractivity contribution in [1.82, 2.24) is 10.2 Å². The number of nitrogens with zero attached hydrogens (tertiary/aromatic N) is 1. The molecule has 0 aromatic heterocycles. The summed E-state index contributed by atoms with van der Waals surface area (Å²) in [7, 11) is 1.79. The summed E-state index contributed by atoms with van der Waals surface area (Å²) < 4.78 is 36.7. The number of hydrogen-bond donors (Lipinski definition) is 2. The smallest absolute Gasteiger partial charge is 0.471 e. The molecule has 0 aromatic carbocycles. The molecule has 1 fully saturated rings. The highest BCUT2D eigenvalue weighted by atomic mass is 19.4. The van der Waals surface area contributed by atoms with Crippen molar-refractivity contribution in [3.8, 4) is 0 Å². The number of alkyl halides is 3. The molecule has 5 nitrogen and oxygen atoms in total. The second-order valence-electron chi connectivity index (χ2n) is 4.61. The van der Waals surface area contributed by atoms with Gasteiger partial charge in [-0.1, -0.05) is 0 Å². The number of piperidine rings is 1. The third-order valence-electron chi connectivity index (χ3n) is 3.07. The number of halogens is 3. The van der Waals surface area contributed by atoms with Crippen LogP contribution in [0, 0.1) is 0 Å². The summed E-state index contributed by atoms with van der Waals surface area (Å²) in [6, 6.07) is 0. The molecule has 0 saturated carbocycles. The molecule has 8 heteroatoms. The maximum Gasteiger partial charge on any atom is 0.471 e. The van der Waals surface area contributed by atoms with E-state index < -0.39 is 30.0 Å². The molecule has 1 rings (SSSR count). The van der Waals surface area contributed by atoms with Crippen molar-refractivity contribution in [3.63, 3.8) is 0 Å². The number of carboxylic acid groups (broad SMARTS) is 1. The minimum absolute atomic E-state index is 0.192. The average molecular weight is 268 g/mol. The molecule has 1 heterocycles. The maximum atomic E-state index is 12.2. The molecular weight excluding hydrogens is 253 g/mol. The summed E-state index contributed by atoms with van der Waals surface area (Å²) in [5.41, 5.74) is -1.30. The van der Waals surface area contributed by atoms with Gasteiger partial charge in [-0.05, 0) is 19.9 Å². The van der Waals surface area contributed by atoms with Crippen LogP contribution in [0.5, 0.6) is 0 Å². The van der Waals surface area contributed by atoms with Gasteiger partial charge in [0.2, 0.25) is 0 Å². The maximum absolute atomic E-state index is 12.2. The van der Waals surface area contributed by atoms with Crippen LogP contribution in [0.4, 0.5) is 13.2 Å². The molecule has 0 aliphatic carbocycles. The fraction of sp³-hybridized carbons (Fsp3) is 0.800. The Morgan fingerprint density at radius 2 is 1.83 bits per heavy atom. The number of nitrogens with one attached hydrogen (secondary N) is 1. The van der Waals surface area contributed by atoms with E-state index in [1.807, 2.05) is 10.2 Å². The Morgan fingerprint density at radius 3 is 2.22 bits per heavy atom. The van der Waals surface area contributed by atoms with Crippen molar-refractivity contribution >= 4 is 11.9 Å². The van der Waals surface area contributed by atoms with Gasteiger partial charge >= 0.3 is 18.1 Å². The lowest BCUT2D eigenvalue weighted by Crippen LogP contribution is -2.58. The van der Waals surface area contributed by atoms with Crippen molar-refractivity contribution in [3.05, 3.63) is 0 Å². The van der Waals surface area contributed by atoms with Crippen LogP contribution < -0.4 is 5.32 Å². The van der Waals surface area contributed by atoms with Crippen LogP contribution >= 0.6 is 0 Å². The number of carbonyl (C=O) groups excluding carboxylic acids is 1. The van der Waals surface area contributed by atoms with E-state index in [0.717, 1.165) is 0 Å². The van der Waals surface area contributed by atoms with Crippen LogP contribution in [0.2, 0.25) is 0 Å². The lowest BCUT2D eigenvalue weighted by molar-refractivity contribution is -0.176. The molecule has 1 aliphatic rings. The van der Waals surface area contributed by atoms with Crippen LogP contribution in [-0.4, -0.2) is 53.7 Å². The zero-order chi connectivity index (χ0) is 14.0. The predicted octanol–water partition coefficient (Wildman–Crippen LogP) is 0.604. The van der Waals surface area contributed by atoms with Gasteiger partial charge in [0.05, 0.1) is 12.0 Å². The number of amides is 1. The first-order valence-electron chi connectivity index (χ1n) is 5.44. The van der Waals surface area contributed by atoms with E-state index in [4.69, 9.17) is 5.11 Å². The summed E-state index contributed by atoms with van der Waals surface area (Å²) in [5, 5.41) is 10.6. The molecule has 1 aliphatic heterocycles. The Hall–Kier alpha value is -1.31. The summed E-state index contributed by atoms with van der Waals surface area (Å²) in [5.74, 6) is -3.30. The van der Waals surface area contributed by atoms with Crippen LogP contribution in [0.15, 0.2) is 0 Å². The molecule has 0 spiro atoms. The number of likely N-dealkylation sites (tertiary alicyclic amines) is 1. The van der Waals surface area contributed by atoms with E-state index in [1.165, 1.54) is 0 Å². The van der Waals surface area contributed by atoms with Gasteiger partial charge in [0.15, 0.2) is 0 Å². The van der Waals surface area contributed by atoms with Gasteiger partial charge < -0.3 is 15.3 Å². The predicted molar refractivity (Wildman–Crippen MR) is 55.9 cm³/mol. The van der Waals surface area contributed by atoms with E-state index >= 15 is 0 Å². The summed E-state index contributed by atoms with van der Waals surface area (Å²) in [6.45, 7) is 0.900. The third kappa shape index (κ3) is 3.86. The summed E-state index contributed by atoms with van der Waals surface area (Å²) >= 11 is 0.